The van der Waals surface area contributed by atoms with Gasteiger partial charge in [0.25, 0.3) is 5.69 Å². The number of hydrogen-bond acceptors (Lipinski definition) is 4. The highest BCUT2D eigenvalue weighted by Gasteiger charge is 2.13. The second kappa shape index (κ2) is 5.65. The fourth-order valence-corrected chi connectivity index (χ4v) is 1.10. The normalized spacial score (nSPS) is 13.8. The second-order valence-corrected chi connectivity index (χ2v) is 3.15. The molecular formula is C9H13ClN2O3. The number of nitro groups is 1. The minimum atomic E-state index is -0.782. The van der Waals surface area contributed by atoms with Crippen molar-refractivity contribution in [2.24, 2.45) is 5.73 Å². The van der Waals surface area contributed by atoms with Crippen molar-refractivity contribution in [1.82, 2.24) is 0 Å². The topological polar surface area (TPSA) is 89.4 Å². The van der Waals surface area contributed by atoms with Gasteiger partial charge in [-0.15, -0.1) is 12.4 Å². The minimum Gasteiger partial charge on any atom is -0.387 e. The van der Waals surface area contributed by atoms with Gasteiger partial charge in [0.05, 0.1) is 11.0 Å². The highest BCUT2D eigenvalue weighted by molar-refractivity contribution is 5.85. The summed E-state index contributed by atoms with van der Waals surface area (Å²) in [5, 5.41) is 19.9. The Hall–Kier alpha value is -1.17. The third-order valence-corrected chi connectivity index (χ3v) is 1.94. The number of nitrogens with zero attached hydrogens (tertiary/aromatic N) is 1. The molecule has 1 aromatic rings. The van der Waals surface area contributed by atoms with Crippen LogP contribution < -0.4 is 5.73 Å². The minimum absolute atomic E-state index is 0. The highest BCUT2D eigenvalue weighted by atomic mass is 35.5. The van der Waals surface area contributed by atoms with E-state index >= 15 is 0 Å². The SMILES string of the molecule is CC(N)C(O)c1ccc([N+](=O)[O-])cc1.Cl. The number of non-ortho nitro benzene ring substituents is 1. The average molecular weight is 233 g/mol. The quantitative estimate of drug-likeness (QED) is 0.609. The van der Waals surface area contributed by atoms with E-state index in [0.29, 0.717) is 5.56 Å². The molecule has 0 radical (unpaired) electrons. The Kier molecular flexibility index (Phi) is 5.21. The molecule has 15 heavy (non-hydrogen) atoms. The summed E-state index contributed by atoms with van der Waals surface area (Å²) >= 11 is 0. The third-order valence-electron chi connectivity index (χ3n) is 1.94. The maximum absolute atomic E-state index is 10.3. The smallest absolute Gasteiger partial charge is 0.269 e. The van der Waals surface area contributed by atoms with Crippen molar-refractivity contribution < 1.29 is 10.0 Å². The predicted molar refractivity (Wildman–Crippen MR) is 59.0 cm³/mol. The summed E-state index contributed by atoms with van der Waals surface area (Å²) in [6.45, 7) is 1.67. The lowest BCUT2D eigenvalue weighted by Gasteiger charge is -2.13. The van der Waals surface area contributed by atoms with Crippen molar-refractivity contribution in [3.8, 4) is 0 Å². The van der Waals surface area contributed by atoms with Gasteiger partial charge < -0.3 is 10.8 Å². The molecule has 5 nitrogen and oxygen atoms in total. The van der Waals surface area contributed by atoms with Crippen molar-refractivity contribution in [1.29, 1.82) is 0 Å². The molecule has 6 heteroatoms. The lowest BCUT2D eigenvalue weighted by atomic mass is 10.0. The van der Waals surface area contributed by atoms with E-state index in [1.807, 2.05) is 0 Å². The van der Waals surface area contributed by atoms with Crippen LogP contribution in [0.5, 0.6) is 0 Å². The maximum atomic E-state index is 10.3. The number of halogens is 1. The van der Waals surface area contributed by atoms with Gasteiger partial charge in [-0.1, -0.05) is 0 Å². The first-order valence-electron chi connectivity index (χ1n) is 4.20. The van der Waals surface area contributed by atoms with Crippen LogP contribution in [0, 0.1) is 10.1 Å². The average Bonchev–Trinajstić information content (AvgIpc) is 2.16. The first-order chi connectivity index (χ1) is 6.52. The molecule has 2 unspecified atom stereocenters. The van der Waals surface area contributed by atoms with Crippen molar-refractivity contribution in [3.63, 3.8) is 0 Å². The fourth-order valence-electron chi connectivity index (χ4n) is 1.10. The molecule has 1 rings (SSSR count). The molecule has 0 aliphatic rings. The Bertz CT molecular complexity index is 327. The van der Waals surface area contributed by atoms with Crippen molar-refractivity contribution >= 4 is 18.1 Å². The van der Waals surface area contributed by atoms with Gasteiger partial charge in [0.15, 0.2) is 0 Å². The number of aliphatic hydroxyl groups is 1. The standard InChI is InChI=1S/C9H12N2O3.ClH/c1-6(10)9(12)7-2-4-8(5-3-7)11(13)14;/h2-6,9,12H,10H2,1H3;1H. The molecule has 0 fully saturated rings. The van der Waals surface area contributed by atoms with Gasteiger partial charge in [-0.25, -0.2) is 0 Å². The molecule has 0 spiro atoms. The second-order valence-electron chi connectivity index (χ2n) is 3.15. The zero-order valence-corrected chi connectivity index (χ0v) is 8.98. The Labute approximate surface area is 93.5 Å². The number of benzene rings is 1. The Morgan fingerprint density at radius 1 is 1.40 bits per heavy atom. The highest BCUT2D eigenvalue weighted by Crippen LogP contribution is 2.19. The van der Waals surface area contributed by atoms with E-state index in [0.717, 1.165) is 0 Å². The molecule has 2 atom stereocenters. The third kappa shape index (κ3) is 3.47. The summed E-state index contributed by atoms with van der Waals surface area (Å²) in [5.41, 5.74) is 6.08. The van der Waals surface area contributed by atoms with E-state index in [-0.39, 0.29) is 18.1 Å². The van der Waals surface area contributed by atoms with E-state index < -0.39 is 17.1 Å². The Morgan fingerprint density at radius 2 is 1.87 bits per heavy atom. The summed E-state index contributed by atoms with van der Waals surface area (Å²) in [6, 6.07) is 5.32. The van der Waals surface area contributed by atoms with E-state index in [1.165, 1.54) is 24.3 Å². The van der Waals surface area contributed by atoms with E-state index in [1.54, 1.807) is 6.92 Å². The van der Waals surface area contributed by atoms with Gasteiger partial charge in [-0.05, 0) is 24.6 Å². The van der Waals surface area contributed by atoms with Crippen LogP contribution >= 0.6 is 12.4 Å². The first-order valence-corrected chi connectivity index (χ1v) is 4.20. The van der Waals surface area contributed by atoms with Crippen LogP contribution in [0.1, 0.15) is 18.6 Å². The van der Waals surface area contributed by atoms with Crippen molar-refractivity contribution in [3.05, 3.63) is 39.9 Å². The fraction of sp³-hybridized carbons (Fsp3) is 0.333. The largest absolute Gasteiger partial charge is 0.387 e. The van der Waals surface area contributed by atoms with Crippen LogP contribution in [0.3, 0.4) is 0 Å². The van der Waals surface area contributed by atoms with Gasteiger partial charge in [0, 0.05) is 18.2 Å². The van der Waals surface area contributed by atoms with Gasteiger partial charge in [-0.3, -0.25) is 10.1 Å². The zero-order valence-electron chi connectivity index (χ0n) is 8.16. The van der Waals surface area contributed by atoms with E-state index in [2.05, 4.69) is 0 Å². The van der Waals surface area contributed by atoms with Gasteiger partial charge >= 0.3 is 0 Å². The van der Waals surface area contributed by atoms with Crippen LogP contribution in [0.4, 0.5) is 5.69 Å². The molecule has 0 saturated carbocycles. The van der Waals surface area contributed by atoms with Crippen molar-refractivity contribution in [2.45, 2.75) is 19.1 Å². The predicted octanol–water partition coefficient (Wildman–Crippen LogP) is 1.40. The molecule has 0 aliphatic heterocycles. The first kappa shape index (κ1) is 13.8. The molecule has 3 N–H and O–H groups in total. The molecule has 0 aliphatic carbocycles. The summed E-state index contributed by atoms with van der Waals surface area (Å²) in [7, 11) is 0. The van der Waals surface area contributed by atoms with E-state index in [4.69, 9.17) is 5.73 Å². The number of hydrogen-bond donors (Lipinski definition) is 2. The molecule has 0 heterocycles. The summed E-state index contributed by atoms with van der Waals surface area (Å²) in [6.07, 6.45) is -0.782. The van der Waals surface area contributed by atoms with Gasteiger partial charge in [0.1, 0.15) is 0 Å². The van der Waals surface area contributed by atoms with Crippen LogP contribution in [0.15, 0.2) is 24.3 Å². The number of aliphatic hydroxyl groups excluding tert-OH is 1. The monoisotopic (exact) mass is 232 g/mol. The maximum Gasteiger partial charge on any atom is 0.269 e. The van der Waals surface area contributed by atoms with Gasteiger partial charge in [-0.2, -0.15) is 0 Å². The number of nitro benzene ring substituents is 1. The van der Waals surface area contributed by atoms with Gasteiger partial charge in [0.2, 0.25) is 0 Å². The number of nitrogens with two attached hydrogens (primary N) is 1. The van der Waals surface area contributed by atoms with Crippen LogP contribution in [0.25, 0.3) is 0 Å². The summed E-state index contributed by atoms with van der Waals surface area (Å²) in [5.74, 6) is 0. The number of rotatable bonds is 3. The lowest BCUT2D eigenvalue weighted by Crippen LogP contribution is -2.24. The van der Waals surface area contributed by atoms with E-state index in [9.17, 15) is 15.2 Å². The Balaban J connectivity index is 0.00000196. The van der Waals surface area contributed by atoms with Crippen LogP contribution in [-0.4, -0.2) is 16.1 Å². The lowest BCUT2D eigenvalue weighted by molar-refractivity contribution is -0.384. The molecular weight excluding hydrogens is 220 g/mol. The van der Waals surface area contributed by atoms with Crippen LogP contribution in [-0.2, 0) is 0 Å². The molecule has 0 amide bonds. The molecule has 0 aromatic heterocycles. The van der Waals surface area contributed by atoms with Crippen LogP contribution in [0.2, 0.25) is 0 Å². The molecule has 84 valence electrons. The molecule has 0 saturated heterocycles. The summed E-state index contributed by atoms with van der Waals surface area (Å²) < 4.78 is 0. The molecule has 1 aromatic carbocycles. The van der Waals surface area contributed by atoms with Crippen molar-refractivity contribution in [2.75, 3.05) is 0 Å². The summed E-state index contributed by atoms with van der Waals surface area (Å²) in [4.78, 5) is 9.85. The molecule has 0 bridgehead atoms. The zero-order chi connectivity index (χ0) is 10.7. The Morgan fingerprint density at radius 3 is 2.20 bits per heavy atom.